The van der Waals surface area contributed by atoms with Gasteiger partial charge in [-0.2, -0.15) is 12.1 Å². The molecule has 0 amide bonds. The van der Waals surface area contributed by atoms with Crippen molar-refractivity contribution in [2.24, 2.45) is 0 Å². The van der Waals surface area contributed by atoms with E-state index in [0.717, 1.165) is 11.3 Å². The second kappa shape index (κ2) is 5.65. The molecule has 0 N–H and O–H groups in total. The molecule has 0 fully saturated rings. The van der Waals surface area contributed by atoms with Gasteiger partial charge in [-0.25, -0.2) is 0 Å². The first-order chi connectivity index (χ1) is 6.90. The van der Waals surface area contributed by atoms with Crippen LogP contribution >= 0.6 is 0 Å². The summed E-state index contributed by atoms with van der Waals surface area (Å²) >= 11 is 0. The second-order valence-electron chi connectivity index (χ2n) is 3.01. The van der Waals surface area contributed by atoms with Gasteiger partial charge >= 0.3 is 18.9 Å². The van der Waals surface area contributed by atoms with Crippen molar-refractivity contribution >= 4 is 0 Å². The van der Waals surface area contributed by atoms with Gasteiger partial charge in [0.1, 0.15) is 0 Å². The molecule has 0 heterocycles. The zero-order chi connectivity index (χ0) is 9.80. The van der Waals surface area contributed by atoms with E-state index in [4.69, 9.17) is 4.74 Å². The van der Waals surface area contributed by atoms with Gasteiger partial charge in [-0.05, 0) is 0 Å². The third-order valence-electron chi connectivity index (χ3n) is 2.11. The van der Waals surface area contributed by atoms with Gasteiger partial charge in [0, 0.05) is 5.75 Å². The summed E-state index contributed by atoms with van der Waals surface area (Å²) in [4.78, 5) is 0. The van der Waals surface area contributed by atoms with Crippen LogP contribution in [0.25, 0.3) is 11.1 Å². The van der Waals surface area contributed by atoms with Gasteiger partial charge in [-0.1, -0.05) is 35.9 Å². The molecule has 0 saturated heterocycles. The van der Waals surface area contributed by atoms with Crippen LogP contribution in [-0.4, -0.2) is 7.11 Å². The molecule has 0 radical (unpaired) electrons. The zero-order valence-electron chi connectivity index (χ0n) is 9.03. The molecule has 2 aromatic carbocycles. The third kappa shape index (κ3) is 2.89. The number of benzene rings is 2. The average molecular weight is 190 g/mol. The van der Waals surface area contributed by atoms with Crippen LogP contribution in [0.5, 0.6) is 5.75 Å². The Morgan fingerprint density at radius 2 is 1.67 bits per heavy atom. The predicted molar refractivity (Wildman–Crippen MR) is 57.3 cm³/mol. The fourth-order valence-corrected chi connectivity index (χ4v) is 1.35. The summed E-state index contributed by atoms with van der Waals surface area (Å²) < 4.78 is 5.05. The SMILES string of the molecule is COc1[c-]cc(-c2ccccc2)cc1.[Li+]. The first-order valence-corrected chi connectivity index (χ1v) is 4.51. The Bertz CT molecular complexity index is 395. The molecule has 0 spiro atoms. The van der Waals surface area contributed by atoms with E-state index in [1.807, 2.05) is 36.4 Å². The Balaban J connectivity index is 0.00000112. The molecule has 0 atom stereocenters. The van der Waals surface area contributed by atoms with Crippen LogP contribution in [0.2, 0.25) is 0 Å². The van der Waals surface area contributed by atoms with E-state index in [-0.39, 0.29) is 18.9 Å². The fourth-order valence-electron chi connectivity index (χ4n) is 1.35. The van der Waals surface area contributed by atoms with Crippen molar-refractivity contribution in [2.45, 2.75) is 0 Å². The van der Waals surface area contributed by atoms with Gasteiger partial charge in [0.05, 0.1) is 7.11 Å². The molecule has 0 aromatic heterocycles. The molecule has 70 valence electrons. The van der Waals surface area contributed by atoms with E-state index in [9.17, 15) is 0 Å². The van der Waals surface area contributed by atoms with Gasteiger partial charge in [0.2, 0.25) is 0 Å². The molecule has 0 saturated carbocycles. The summed E-state index contributed by atoms with van der Waals surface area (Å²) in [6.45, 7) is 0. The third-order valence-corrected chi connectivity index (χ3v) is 2.11. The Labute approximate surface area is 102 Å². The normalized spacial score (nSPS) is 9.13. The first kappa shape index (κ1) is 11.9. The van der Waals surface area contributed by atoms with Crippen molar-refractivity contribution in [3.63, 3.8) is 0 Å². The standard InChI is InChI=1S/C13H11O.Li/c1-14-13-9-7-12(8-10-13)11-5-3-2-4-6-11;/h2-9H,1H3;/q-1;+1. The van der Waals surface area contributed by atoms with Crippen LogP contribution in [0, 0.1) is 6.07 Å². The number of hydrogen-bond donors (Lipinski definition) is 0. The van der Waals surface area contributed by atoms with Crippen molar-refractivity contribution < 1.29 is 23.6 Å². The van der Waals surface area contributed by atoms with Crippen molar-refractivity contribution in [1.82, 2.24) is 0 Å². The molecule has 15 heavy (non-hydrogen) atoms. The zero-order valence-corrected chi connectivity index (χ0v) is 9.03. The summed E-state index contributed by atoms with van der Waals surface area (Å²) in [7, 11) is 1.65. The van der Waals surface area contributed by atoms with Crippen molar-refractivity contribution in [3.05, 3.63) is 54.6 Å². The molecular weight excluding hydrogens is 179 g/mol. The van der Waals surface area contributed by atoms with E-state index in [0.29, 0.717) is 0 Å². The van der Waals surface area contributed by atoms with Crippen molar-refractivity contribution in [3.8, 4) is 16.9 Å². The number of methoxy groups -OCH3 is 1. The summed E-state index contributed by atoms with van der Waals surface area (Å²) in [5.74, 6) is 0.768. The Morgan fingerprint density at radius 3 is 2.20 bits per heavy atom. The van der Waals surface area contributed by atoms with Crippen LogP contribution in [0.4, 0.5) is 0 Å². The number of rotatable bonds is 2. The van der Waals surface area contributed by atoms with E-state index < -0.39 is 0 Å². The second-order valence-corrected chi connectivity index (χ2v) is 3.01. The average Bonchev–Trinajstić information content (AvgIpc) is 2.30. The molecule has 0 unspecified atom stereocenters. The topological polar surface area (TPSA) is 9.23 Å². The number of hydrogen-bond acceptors (Lipinski definition) is 1. The molecule has 2 heteroatoms. The molecule has 2 aromatic rings. The van der Waals surface area contributed by atoms with E-state index in [1.165, 1.54) is 5.56 Å². The van der Waals surface area contributed by atoms with Crippen molar-refractivity contribution in [2.75, 3.05) is 7.11 Å². The van der Waals surface area contributed by atoms with Crippen LogP contribution in [0.15, 0.2) is 48.5 Å². The van der Waals surface area contributed by atoms with Gasteiger partial charge < -0.3 is 4.74 Å². The van der Waals surface area contributed by atoms with Gasteiger partial charge in [-0.15, -0.1) is 17.7 Å². The monoisotopic (exact) mass is 190 g/mol. The van der Waals surface area contributed by atoms with Crippen LogP contribution in [0.1, 0.15) is 0 Å². The van der Waals surface area contributed by atoms with E-state index >= 15 is 0 Å². The fraction of sp³-hybridized carbons (Fsp3) is 0.0769. The van der Waals surface area contributed by atoms with Crippen LogP contribution < -0.4 is 23.6 Å². The maximum Gasteiger partial charge on any atom is 1.00 e. The number of ether oxygens (including phenoxy) is 1. The van der Waals surface area contributed by atoms with Crippen molar-refractivity contribution in [1.29, 1.82) is 0 Å². The largest absolute Gasteiger partial charge is 1.00 e. The molecule has 0 aliphatic carbocycles. The van der Waals surface area contributed by atoms with Gasteiger partial charge in [0.15, 0.2) is 0 Å². The van der Waals surface area contributed by atoms with E-state index in [2.05, 4.69) is 18.2 Å². The molecule has 2 rings (SSSR count). The Morgan fingerprint density at radius 1 is 0.933 bits per heavy atom. The molecule has 0 bridgehead atoms. The first-order valence-electron chi connectivity index (χ1n) is 4.51. The molecule has 0 aliphatic rings. The smallest absolute Gasteiger partial charge is 0.523 e. The summed E-state index contributed by atoms with van der Waals surface area (Å²) in [6, 6.07) is 19.2. The summed E-state index contributed by atoms with van der Waals surface area (Å²) in [5, 5.41) is 0. The Kier molecular flexibility index (Phi) is 4.49. The predicted octanol–water partition coefficient (Wildman–Crippen LogP) is 0.166. The molecular formula is C13H11LiO. The van der Waals surface area contributed by atoms with Gasteiger partial charge in [-0.3, -0.25) is 0 Å². The van der Waals surface area contributed by atoms with Crippen LogP contribution in [-0.2, 0) is 0 Å². The maximum absolute atomic E-state index is 5.05. The Hall–Kier alpha value is -1.16. The minimum Gasteiger partial charge on any atom is -0.523 e. The van der Waals surface area contributed by atoms with Gasteiger partial charge in [0.25, 0.3) is 0 Å². The minimum absolute atomic E-state index is 0. The summed E-state index contributed by atoms with van der Waals surface area (Å²) in [5.41, 5.74) is 2.36. The van der Waals surface area contributed by atoms with E-state index in [1.54, 1.807) is 7.11 Å². The molecule has 1 nitrogen and oxygen atoms in total. The van der Waals surface area contributed by atoms with Crippen LogP contribution in [0.3, 0.4) is 0 Å². The maximum atomic E-state index is 5.05. The summed E-state index contributed by atoms with van der Waals surface area (Å²) in [6.07, 6.45) is 0. The quantitative estimate of drug-likeness (QED) is 0.484. The minimum atomic E-state index is 0. The molecule has 0 aliphatic heterocycles.